The van der Waals surface area contributed by atoms with Gasteiger partial charge in [0.05, 0.1) is 0 Å². The zero-order chi connectivity index (χ0) is 10.7. The monoisotopic (exact) mass is 257 g/mol. The third-order valence-corrected chi connectivity index (χ3v) is 4.34. The topological polar surface area (TPSA) is 12.9 Å². The molecule has 15 heavy (non-hydrogen) atoms. The molecule has 0 aliphatic carbocycles. The van der Waals surface area contributed by atoms with Gasteiger partial charge in [0.2, 0.25) is 0 Å². The Morgan fingerprint density at radius 3 is 2.67 bits per heavy atom. The van der Waals surface area contributed by atoms with Crippen LogP contribution in [0.1, 0.15) is 10.4 Å². The highest BCUT2D eigenvalue weighted by Gasteiger charge is 2.02. The van der Waals surface area contributed by atoms with Crippen LogP contribution < -0.4 is 0 Å². The van der Waals surface area contributed by atoms with Gasteiger partial charge in [-0.15, -0.1) is 23.0 Å². The Hall–Kier alpha value is -0.520. The van der Waals surface area contributed by atoms with Gasteiger partial charge in [-0.05, 0) is 28.5 Å². The molecule has 0 aliphatic rings. The first-order valence-electron chi connectivity index (χ1n) is 4.28. The van der Waals surface area contributed by atoms with Crippen molar-refractivity contribution in [2.45, 2.75) is 10.8 Å². The number of nitrogens with zero attached hydrogens (tertiary/aromatic N) is 1. The fraction of sp³-hybridized carbons (Fsp3) is 0.100. The van der Waals surface area contributed by atoms with Crippen LogP contribution in [0.15, 0.2) is 34.8 Å². The van der Waals surface area contributed by atoms with Crippen molar-refractivity contribution in [2.24, 2.45) is 0 Å². The summed E-state index contributed by atoms with van der Waals surface area (Å²) in [6.07, 6.45) is 2.64. The van der Waals surface area contributed by atoms with E-state index >= 15 is 0 Å². The summed E-state index contributed by atoms with van der Waals surface area (Å²) in [6, 6.07) is 6.54. The van der Waals surface area contributed by atoms with Crippen molar-refractivity contribution < 1.29 is 4.39 Å². The molecule has 0 N–H and O–H groups in total. The molecule has 1 heterocycles. The third-order valence-electron chi connectivity index (χ3n) is 1.90. The molecule has 2 aromatic rings. The average Bonchev–Trinajstić information content (AvgIpc) is 2.69. The molecule has 0 radical (unpaired) electrons. The fourth-order valence-electron chi connectivity index (χ4n) is 1.22. The Bertz CT molecular complexity index is 438. The molecule has 0 amide bonds. The quantitative estimate of drug-likeness (QED) is 0.663. The minimum absolute atomic E-state index is 0.199. The van der Waals surface area contributed by atoms with Crippen molar-refractivity contribution >= 4 is 33.8 Å². The normalized spacial score (nSPS) is 10.5. The molecule has 0 atom stereocenters. The predicted molar refractivity (Wildman–Crippen MR) is 66.2 cm³/mol. The second-order valence-corrected chi connectivity index (χ2v) is 5.48. The molecule has 1 aromatic carbocycles. The lowest BCUT2D eigenvalue weighted by atomic mass is 10.1. The highest BCUT2D eigenvalue weighted by molar-refractivity contribution is 8.69. The Labute approximate surface area is 101 Å². The van der Waals surface area contributed by atoms with Gasteiger partial charge in [-0.25, -0.2) is 9.37 Å². The zero-order valence-electron chi connectivity index (χ0n) is 7.68. The summed E-state index contributed by atoms with van der Waals surface area (Å²) in [5.74, 6) is -0.199. The summed E-state index contributed by atoms with van der Waals surface area (Å²) >= 11 is 5.69. The van der Waals surface area contributed by atoms with Crippen LogP contribution in [-0.4, -0.2) is 4.98 Å². The lowest BCUT2D eigenvalue weighted by molar-refractivity contribution is 0.627. The van der Waals surface area contributed by atoms with E-state index in [0.29, 0.717) is 0 Å². The highest BCUT2D eigenvalue weighted by atomic mass is 33.1. The number of hydrogen-bond donors (Lipinski definition) is 1. The van der Waals surface area contributed by atoms with Gasteiger partial charge >= 0.3 is 0 Å². The number of aromatic nitrogens is 1. The van der Waals surface area contributed by atoms with Gasteiger partial charge in [-0.2, -0.15) is 0 Å². The van der Waals surface area contributed by atoms with Gasteiger partial charge in [-0.3, -0.25) is 0 Å². The van der Waals surface area contributed by atoms with Crippen LogP contribution >= 0.6 is 33.8 Å². The molecule has 1 aromatic heterocycles. The molecule has 0 saturated carbocycles. The van der Waals surface area contributed by atoms with Crippen LogP contribution in [0.3, 0.4) is 0 Å². The molecule has 0 saturated heterocycles. The maximum atomic E-state index is 12.7. The van der Waals surface area contributed by atoms with Gasteiger partial charge in [0.25, 0.3) is 0 Å². The van der Waals surface area contributed by atoms with Crippen LogP contribution in [0, 0.1) is 5.82 Å². The van der Waals surface area contributed by atoms with E-state index in [9.17, 15) is 4.39 Å². The number of benzene rings is 1. The number of halogens is 1. The Morgan fingerprint density at radius 2 is 2.07 bits per heavy atom. The molecule has 78 valence electrons. The highest BCUT2D eigenvalue weighted by Crippen LogP contribution is 2.27. The predicted octanol–water partition coefficient (Wildman–Crippen LogP) is 3.81. The number of thiol groups is 1. The summed E-state index contributed by atoms with van der Waals surface area (Å²) in [5.41, 5.74) is 1.09. The molecule has 0 bridgehead atoms. The van der Waals surface area contributed by atoms with E-state index in [1.54, 1.807) is 23.5 Å². The Kier molecular flexibility index (Phi) is 3.66. The minimum atomic E-state index is -0.199. The molecule has 0 spiro atoms. The first-order valence-corrected chi connectivity index (χ1v) is 6.97. The number of rotatable bonds is 3. The second kappa shape index (κ2) is 5.01. The van der Waals surface area contributed by atoms with Crippen molar-refractivity contribution in [3.05, 3.63) is 46.7 Å². The summed E-state index contributed by atoms with van der Waals surface area (Å²) in [5, 5.41) is 0. The van der Waals surface area contributed by atoms with E-state index in [0.717, 1.165) is 21.2 Å². The van der Waals surface area contributed by atoms with Crippen LogP contribution in [0.4, 0.5) is 4.39 Å². The Morgan fingerprint density at radius 1 is 1.33 bits per heavy atom. The SMILES string of the molecule is Fc1ccc(Cc2cnc(SS)s2)cc1. The third kappa shape index (κ3) is 2.96. The lowest BCUT2D eigenvalue weighted by Crippen LogP contribution is -1.84. The van der Waals surface area contributed by atoms with E-state index in [1.807, 2.05) is 6.20 Å². The molecule has 0 aliphatic heterocycles. The molecule has 0 unspecified atom stereocenters. The van der Waals surface area contributed by atoms with E-state index in [1.165, 1.54) is 22.9 Å². The second-order valence-electron chi connectivity index (χ2n) is 2.99. The fourth-order valence-corrected chi connectivity index (χ4v) is 2.94. The van der Waals surface area contributed by atoms with E-state index in [2.05, 4.69) is 16.6 Å². The van der Waals surface area contributed by atoms with E-state index < -0.39 is 0 Å². The molecular formula is C10H8FNS3. The van der Waals surface area contributed by atoms with Crippen LogP contribution in [-0.2, 0) is 6.42 Å². The largest absolute Gasteiger partial charge is 0.237 e. The number of hydrogen-bond acceptors (Lipinski definition) is 4. The molecule has 5 heteroatoms. The molecule has 0 fully saturated rings. The lowest BCUT2D eigenvalue weighted by Gasteiger charge is -1.97. The van der Waals surface area contributed by atoms with Gasteiger partial charge in [0, 0.05) is 17.5 Å². The van der Waals surface area contributed by atoms with Gasteiger partial charge in [-0.1, -0.05) is 12.1 Å². The van der Waals surface area contributed by atoms with Crippen molar-refractivity contribution in [3.8, 4) is 0 Å². The van der Waals surface area contributed by atoms with Crippen molar-refractivity contribution in [1.29, 1.82) is 0 Å². The van der Waals surface area contributed by atoms with E-state index in [-0.39, 0.29) is 5.82 Å². The van der Waals surface area contributed by atoms with E-state index in [4.69, 9.17) is 0 Å². The summed E-state index contributed by atoms with van der Waals surface area (Å²) in [4.78, 5) is 5.34. The maximum absolute atomic E-state index is 12.7. The standard InChI is InChI=1S/C10H8FNS3/c11-8-3-1-7(2-4-8)5-9-6-12-10(14-9)15-13/h1-4,6,13H,5H2. The molecule has 1 nitrogen and oxygen atoms in total. The van der Waals surface area contributed by atoms with Crippen LogP contribution in [0.5, 0.6) is 0 Å². The van der Waals surface area contributed by atoms with Gasteiger partial charge < -0.3 is 0 Å². The Balaban J connectivity index is 2.11. The first kappa shape index (κ1) is 11.0. The summed E-state index contributed by atoms with van der Waals surface area (Å²) < 4.78 is 13.6. The molecule has 2 rings (SSSR count). The summed E-state index contributed by atoms with van der Waals surface area (Å²) in [6.45, 7) is 0. The smallest absolute Gasteiger partial charge is 0.160 e. The minimum Gasteiger partial charge on any atom is -0.237 e. The van der Waals surface area contributed by atoms with Gasteiger partial charge in [0.1, 0.15) is 5.82 Å². The number of thiazole rings is 1. The average molecular weight is 257 g/mol. The van der Waals surface area contributed by atoms with Crippen LogP contribution in [0.25, 0.3) is 0 Å². The van der Waals surface area contributed by atoms with Crippen molar-refractivity contribution in [2.75, 3.05) is 0 Å². The maximum Gasteiger partial charge on any atom is 0.160 e. The van der Waals surface area contributed by atoms with Crippen LogP contribution in [0.2, 0.25) is 0 Å². The zero-order valence-corrected chi connectivity index (χ0v) is 10.2. The van der Waals surface area contributed by atoms with Crippen molar-refractivity contribution in [3.63, 3.8) is 0 Å². The summed E-state index contributed by atoms with van der Waals surface area (Å²) in [7, 11) is 1.34. The van der Waals surface area contributed by atoms with Crippen molar-refractivity contribution in [1.82, 2.24) is 4.98 Å². The van der Waals surface area contributed by atoms with Gasteiger partial charge in [0.15, 0.2) is 4.34 Å². The molecular weight excluding hydrogens is 249 g/mol. The first-order chi connectivity index (χ1) is 7.28.